The highest BCUT2D eigenvalue weighted by Crippen LogP contribution is 2.32. The van der Waals surface area contributed by atoms with Crippen molar-refractivity contribution in [3.63, 3.8) is 0 Å². The fourth-order valence-electron chi connectivity index (χ4n) is 1.63. The number of aliphatic hydroxyl groups is 1. The van der Waals surface area contributed by atoms with E-state index >= 15 is 0 Å². The van der Waals surface area contributed by atoms with Crippen LogP contribution in [0, 0.1) is 0 Å². The maximum atomic E-state index is 9.91. The predicted molar refractivity (Wildman–Crippen MR) is 55.5 cm³/mol. The zero-order chi connectivity index (χ0) is 10.1. The van der Waals surface area contributed by atoms with E-state index < -0.39 is 0 Å². The lowest BCUT2D eigenvalue weighted by molar-refractivity contribution is 0.270. The van der Waals surface area contributed by atoms with Gasteiger partial charge in [0.25, 0.3) is 0 Å². The quantitative estimate of drug-likeness (QED) is 0.679. The molecule has 74 valence electrons. The van der Waals surface area contributed by atoms with E-state index in [1.54, 1.807) is 6.20 Å². The molecule has 0 spiro atoms. The van der Waals surface area contributed by atoms with E-state index in [0.717, 1.165) is 16.5 Å². The number of aromatic amines is 1. The van der Waals surface area contributed by atoms with Crippen molar-refractivity contribution >= 4 is 10.9 Å². The zero-order valence-electron chi connectivity index (χ0n) is 7.99. The van der Waals surface area contributed by atoms with Crippen LogP contribution in [0.1, 0.15) is 18.4 Å². The van der Waals surface area contributed by atoms with Gasteiger partial charge in [0.2, 0.25) is 0 Å². The van der Waals surface area contributed by atoms with Crippen LogP contribution in [0.5, 0.6) is 5.75 Å². The molecule has 0 amide bonds. The van der Waals surface area contributed by atoms with Crippen LogP contribution in [0.25, 0.3) is 10.9 Å². The van der Waals surface area contributed by atoms with E-state index in [4.69, 9.17) is 5.11 Å². The van der Waals surface area contributed by atoms with Crippen molar-refractivity contribution in [1.29, 1.82) is 0 Å². The molecular formula is C11H13NO2. The number of fused-ring (bicyclic) bond motifs is 1. The smallest absolute Gasteiger partial charge is 0.128 e. The lowest BCUT2D eigenvalue weighted by Gasteiger charge is -2.10. The van der Waals surface area contributed by atoms with Crippen LogP contribution in [0.4, 0.5) is 0 Å². The molecule has 0 aliphatic carbocycles. The highest BCUT2D eigenvalue weighted by Gasteiger charge is 2.12. The molecule has 0 saturated carbocycles. The fourth-order valence-corrected chi connectivity index (χ4v) is 1.63. The summed E-state index contributed by atoms with van der Waals surface area (Å²) in [6.07, 6.45) is 1.79. The number of hydrogen-bond acceptors (Lipinski definition) is 2. The number of H-pyrrole nitrogens is 1. The monoisotopic (exact) mass is 191 g/mol. The van der Waals surface area contributed by atoms with Gasteiger partial charge in [0.15, 0.2) is 0 Å². The van der Waals surface area contributed by atoms with Crippen LogP contribution in [-0.4, -0.2) is 21.8 Å². The van der Waals surface area contributed by atoms with Crippen LogP contribution in [0.3, 0.4) is 0 Å². The maximum absolute atomic E-state index is 9.91. The Kier molecular flexibility index (Phi) is 2.17. The van der Waals surface area contributed by atoms with Crippen molar-refractivity contribution in [2.45, 2.75) is 12.8 Å². The average molecular weight is 191 g/mol. The number of aliphatic hydroxyl groups excluding tert-OH is 1. The van der Waals surface area contributed by atoms with Crippen molar-refractivity contribution in [2.24, 2.45) is 0 Å². The van der Waals surface area contributed by atoms with Gasteiger partial charge in [0.1, 0.15) is 5.75 Å². The van der Waals surface area contributed by atoms with Gasteiger partial charge in [-0.25, -0.2) is 0 Å². The number of nitrogens with one attached hydrogen (secondary N) is 1. The Balaban J connectivity index is 2.61. The minimum Gasteiger partial charge on any atom is -0.507 e. The van der Waals surface area contributed by atoms with E-state index in [-0.39, 0.29) is 18.3 Å². The first-order valence-electron chi connectivity index (χ1n) is 4.64. The summed E-state index contributed by atoms with van der Waals surface area (Å²) in [5.74, 6) is 0.236. The van der Waals surface area contributed by atoms with Crippen LogP contribution >= 0.6 is 0 Å². The van der Waals surface area contributed by atoms with E-state index in [2.05, 4.69) is 4.98 Å². The Morgan fingerprint density at radius 3 is 2.86 bits per heavy atom. The third-order valence-electron chi connectivity index (χ3n) is 2.54. The third kappa shape index (κ3) is 1.26. The minimum absolute atomic E-state index is 0.0331. The molecule has 3 nitrogen and oxygen atoms in total. The van der Waals surface area contributed by atoms with Gasteiger partial charge in [-0.2, -0.15) is 0 Å². The lowest BCUT2D eigenvalue weighted by atomic mass is 9.99. The SMILES string of the molecule is CC(CO)c1ccc2[nH]ccc2c1O. The molecule has 0 aliphatic heterocycles. The Morgan fingerprint density at radius 1 is 1.36 bits per heavy atom. The molecule has 3 N–H and O–H groups in total. The van der Waals surface area contributed by atoms with Crippen molar-refractivity contribution < 1.29 is 10.2 Å². The van der Waals surface area contributed by atoms with Gasteiger partial charge in [-0.3, -0.25) is 0 Å². The second kappa shape index (κ2) is 3.35. The molecule has 1 unspecified atom stereocenters. The number of aromatic nitrogens is 1. The molecule has 0 aliphatic rings. The summed E-state index contributed by atoms with van der Waals surface area (Å²) >= 11 is 0. The van der Waals surface area contributed by atoms with Gasteiger partial charge in [0.05, 0.1) is 0 Å². The topological polar surface area (TPSA) is 56.2 Å². The van der Waals surface area contributed by atoms with Crippen LogP contribution in [0.15, 0.2) is 24.4 Å². The van der Waals surface area contributed by atoms with E-state index in [1.807, 2.05) is 25.1 Å². The molecule has 0 bridgehead atoms. The summed E-state index contributed by atoms with van der Waals surface area (Å²) in [6, 6.07) is 5.59. The summed E-state index contributed by atoms with van der Waals surface area (Å²) in [5, 5.41) is 19.7. The molecule has 0 fully saturated rings. The van der Waals surface area contributed by atoms with Gasteiger partial charge < -0.3 is 15.2 Å². The summed E-state index contributed by atoms with van der Waals surface area (Å²) in [5.41, 5.74) is 1.70. The molecule has 2 aromatic rings. The van der Waals surface area contributed by atoms with Crippen molar-refractivity contribution in [1.82, 2.24) is 4.98 Å². The Morgan fingerprint density at radius 2 is 2.14 bits per heavy atom. The molecule has 1 heterocycles. The zero-order valence-corrected chi connectivity index (χ0v) is 7.99. The number of hydrogen-bond donors (Lipinski definition) is 3. The van der Waals surface area contributed by atoms with Crippen LogP contribution in [0.2, 0.25) is 0 Å². The van der Waals surface area contributed by atoms with Crippen LogP contribution in [-0.2, 0) is 0 Å². The Hall–Kier alpha value is -1.48. The second-order valence-corrected chi connectivity index (χ2v) is 3.53. The van der Waals surface area contributed by atoms with Gasteiger partial charge in [-0.15, -0.1) is 0 Å². The molecule has 1 aromatic heterocycles. The standard InChI is InChI=1S/C11H13NO2/c1-7(6-13)8-2-3-10-9(11(8)14)4-5-12-10/h2-5,7,12-14H,6H2,1H3. The van der Waals surface area contributed by atoms with Crippen molar-refractivity contribution in [2.75, 3.05) is 6.61 Å². The molecule has 3 heteroatoms. The van der Waals surface area contributed by atoms with Gasteiger partial charge in [-0.05, 0) is 17.7 Å². The summed E-state index contributed by atoms with van der Waals surface area (Å²) in [6.45, 7) is 1.93. The number of phenolic OH excluding ortho intramolecular Hbond substituents is 1. The number of rotatable bonds is 2. The molecule has 2 rings (SSSR count). The maximum Gasteiger partial charge on any atom is 0.128 e. The second-order valence-electron chi connectivity index (χ2n) is 3.53. The summed E-state index contributed by atoms with van der Waals surface area (Å²) in [4.78, 5) is 3.02. The minimum atomic E-state index is -0.0331. The van der Waals surface area contributed by atoms with Crippen molar-refractivity contribution in [3.8, 4) is 5.75 Å². The molecule has 14 heavy (non-hydrogen) atoms. The van der Waals surface area contributed by atoms with Crippen molar-refractivity contribution in [3.05, 3.63) is 30.0 Å². The van der Waals surface area contributed by atoms with E-state index in [0.29, 0.717) is 0 Å². The Labute approximate surface area is 82.0 Å². The molecule has 0 saturated heterocycles. The van der Waals surface area contributed by atoms with Gasteiger partial charge in [0, 0.05) is 29.6 Å². The first-order valence-corrected chi connectivity index (χ1v) is 4.64. The average Bonchev–Trinajstić information content (AvgIpc) is 2.66. The fraction of sp³-hybridized carbons (Fsp3) is 0.273. The van der Waals surface area contributed by atoms with Crippen LogP contribution < -0.4 is 0 Å². The highest BCUT2D eigenvalue weighted by atomic mass is 16.3. The third-order valence-corrected chi connectivity index (χ3v) is 2.54. The molecule has 1 aromatic carbocycles. The predicted octanol–water partition coefficient (Wildman–Crippen LogP) is 1.97. The Bertz CT molecular complexity index is 447. The lowest BCUT2D eigenvalue weighted by Crippen LogP contribution is -1.98. The highest BCUT2D eigenvalue weighted by molar-refractivity contribution is 5.87. The van der Waals surface area contributed by atoms with Gasteiger partial charge in [-0.1, -0.05) is 13.0 Å². The largest absolute Gasteiger partial charge is 0.507 e. The van der Waals surface area contributed by atoms with Gasteiger partial charge >= 0.3 is 0 Å². The normalized spacial score (nSPS) is 13.3. The summed E-state index contributed by atoms with van der Waals surface area (Å²) in [7, 11) is 0. The number of aromatic hydroxyl groups is 1. The number of benzene rings is 1. The first kappa shape index (κ1) is 9.09. The summed E-state index contributed by atoms with van der Waals surface area (Å²) < 4.78 is 0. The number of phenols is 1. The first-order chi connectivity index (χ1) is 6.74. The van der Waals surface area contributed by atoms with E-state index in [9.17, 15) is 5.11 Å². The van der Waals surface area contributed by atoms with E-state index in [1.165, 1.54) is 0 Å². The molecule has 1 atom stereocenters. The molecular weight excluding hydrogens is 178 g/mol. The molecule has 0 radical (unpaired) electrons.